The second kappa shape index (κ2) is 3.13. The Morgan fingerprint density at radius 1 is 1.17 bits per heavy atom. The van der Waals surface area contributed by atoms with Crippen molar-refractivity contribution in [1.82, 2.24) is 10.2 Å². The Hall–Kier alpha value is -0.440. The Labute approximate surface area is 78.0 Å². The molecule has 2 nitrogen and oxygen atoms in total. The molecule has 0 aliphatic carbocycles. The zero-order valence-corrected chi connectivity index (χ0v) is 9.20. The Bertz CT molecular complexity index is 258. The van der Waals surface area contributed by atoms with Crippen LogP contribution in [0, 0.1) is 0 Å². The number of aromatic nitrogens is 2. The molecule has 3 heteroatoms. The number of rotatable bonds is 1. The molecule has 68 valence electrons. The van der Waals surface area contributed by atoms with E-state index in [4.69, 9.17) is 0 Å². The lowest BCUT2D eigenvalue weighted by Crippen LogP contribution is -2.10. The third-order valence-electron chi connectivity index (χ3n) is 1.58. The molecule has 1 rings (SSSR count). The summed E-state index contributed by atoms with van der Waals surface area (Å²) in [6.45, 7) is 10.8. The van der Waals surface area contributed by atoms with Crippen molar-refractivity contribution in [1.29, 1.82) is 0 Å². The average Bonchev–Trinajstić information content (AvgIpc) is 2.30. The molecule has 0 spiro atoms. The van der Waals surface area contributed by atoms with Gasteiger partial charge in [-0.25, -0.2) is 0 Å². The molecule has 12 heavy (non-hydrogen) atoms. The third-order valence-corrected chi connectivity index (χ3v) is 3.23. The lowest BCUT2D eigenvalue weighted by molar-refractivity contribution is 0.577. The topological polar surface area (TPSA) is 25.8 Å². The van der Waals surface area contributed by atoms with Gasteiger partial charge in [0.2, 0.25) is 0 Å². The van der Waals surface area contributed by atoms with Gasteiger partial charge in [-0.05, 0) is 0 Å². The van der Waals surface area contributed by atoms with Gasteiger partial charge < -0.3 is 0 Å². The monoisotopic (exact) mass is 184 g/mol. The number of hydrogen-bond acceptors (Lipinski definition) is 3. The van der Waals surface area contributed by atoms with Crippen molar-refractivity contribution in [2.75, 3.05) is 0 Å². The van der Waals surface area contributed by atoms with Gasteiger partial charge in [-0.1, -0.05) is 34.6 Å². The molecule has 1 heterocycles. The molecule has 0 amide bonds. The molecule has 1 aromatic rings. The summed E-state index contributed by atoms with van der Waals surface area (Å²) >= 11 is 1.73. The van der Waals surface area contributed by atoms with Crippen LogP contribution in [0.5, 0.6) is 0 Å². The first-order valence-electron chi connectivity index (χ1n) is 4.25. The standard InChI is InChI=1S/C9H16N2S/c1-6(2)7-10-11-8(12-7)9(3,4)5/h6H,1-5H3. The first-order valence-corrected chi connectivity index (χ1v) is 5.07. The van der Waals surface area contributed by atoms with Gasteiger partial charge in [0, 0.05) is 11.3 Å². The largest absolute Gasteiger partial charge is 0.143 e. The van der Waals surface area contributed by atoms with Crippen LogP contribution < -0.4 is 0 Å². The molecule has 1 aromatic heterocycles. The second-order valence-electron chi connectivity index (χ2n) is 4.35. The SMILES string of the molecule is CC(C)c1nnc(C(C)(C)C)s1. The van der Waals surface area contributed by atoms with E-state index in [1.165, 1.54) is 0 Å². The van der Waals surface area contributed by atoms with E-state index in [2.05, 4.69) is 44.8 Å². The van der Waals surface area contributed by atoms with Crippen LogP contribution in [0.1, 0.15) is 50.6 Å². The smallest absolute Gasteiger partial charge is 0.122 e. The van der Waals surface area contributed by atoms with Crippen molar-refractivity contribution in [3.8, 4) is 0 Å². The first kappa shape index (κ1) is 9.65. The van der Waals surface area contributed by atoms with E-state index in [1.54, 1.807) is 11.3 Å². The first-order chi connectivity index (χ1) is 5.41. The molecule has 0 aliphatic heterocycles. The Morgan fingerprint density at radius 2 is 1.75 bits per heavy atom. The van der Waals surface area contributed by atoms with Crippen LogP contribution in [-0.2, 0) is 5.41 Å². The molecule has 0 bridgehead atoms. The van der Waals surface area contributed by atoms with Crippen molar-refractivity contribution >= 4 is 11.3 Å². The van der Waals surface area contributed by atoms with Crippen LogP contribution in [0.15, 0.2) is 0 Å². The van der Waals surface area contributed by atoms with Crippen LogP contribution in [-0.4, -0.2) is 10.2 Å². The van der Waals surface area contributed by atoms with E-state index < -0.39 is 0 Å². The molecular weight excluding hydrogens is 168 g/mol. The predicted octanol–water partition coefficient (Wildman–Crippen LogP) is 2.96. The molecule has 0 radical (unpaired) electrons. The van der Waals surface area contributed by atoms with Gasteiger partial charge in [0.1, 0.15) is 10.0 Å². The van der Waals surface area contributed by atoms with Gasteiger partial charge in [-0.3, -0.25) is 0 Å². The van der Waals surface area contributed by atoms with E-state index in [0.29, 0.717) is 5.92 Å². The fourth-order valence-electron chi connectivity index (χ4n) is 0.771. The Balaban J connectivity index is 2.92. The second-order valence-corrected chi connectivity index (χ2v) is 5.36. The molecule has 0 saturated carbocycles. The molecule has 0 atom stereocenters. The Morgan fingerprint density at radius 3 is 2.00 bits per heavy atom. The molecule has 0 saturated heterocycles. The minimum absolute atomic E-state index is 0.144. The maximum Gasteiger partial charge on any atom is 0.122 e. The van der Waals surface area contributed by atoms with E-state index in [-0.39, 0.29) is 5.41 Å². The zero-order chi connectivity index (χ0) is 9.35. The lowest BCUT2D eigenvalue weighted by atomic mass is 9.98. The highest BCUT2D eigenvalue weighted by atomic mass is 32.1. The van der Waals surface area contributed by atoms with Crippen molar-refractivity contribution in [3.05, 3.63) is 10.0 Å². The summed E-state index contributed by atoms with van der Waals surface area (Å²) in [6, 6.07) is 0. The van der Waals surface area contributed by atoms with Crippen LogP contribution in [0.25, 0.3) is 0 Å². The Kier molecular flexibility index (Phi) is 2.52. The van der Waals surface area contributed by atoms with Gasteiger partial charge in [0.25, 0.3) is 0 Å². The van der Waals surface area contributed by atoms with Crippen molar-refractivity contribution in [2.24, 2.45) is 0 Å². The summed E-state index contributed by atoms with van der Waals surface area (Å²) in [4.78, 5) is 0. The minimum atomic E-state index is 0.144. The van der Waals surface area contributed by atoms with Crippen LogP contribution in [0.3, 0.4) is 0 Å². The minimum Gasteiger partial charge on any atom is -0.143 e. The molecule has 0 fully saturated rings. The fourth-order valence-corrected chi connectivity index (χ4v) is 1.67. The summed E-state index contributed by atoms with van der Waals surface area (Å²) < 4.78 is 0. The van der Waals surface area contributed by atoms with Gasteiger partial charge in [-0.2, -0.15) is 0 Å². The summed E-state index contributed by atoms with van der Waals surface area (Å²) in [6.07, 6.45) is 0. The van der Waals surface area contributed by atoms with Crippen molar-refractivity contribution in [2.45, 2.75) is 46.0 Å². The van der Waals surface area contributed by atoms with Crippen LogP contribution in [0.4, 0.5) is 0 Å². The molecule has 0 aromatic carbocycles. The van der Waals surface area contributed by atoms with Gasteiger partial charge >= 0.3 is 0 Å². The third kappa shape index (κ3) is 2.03. The fraction of sp³-hybridized carbons (Fsp3) is 0.778. The molecule has 0 aliphatic rings. The molecule has 0 unspecified atom stereocenters. The van der Waals surface area contributed by atoms with Crippen LogP contribution >= 0.6 is 11.3 Å². The highest BCUT2D eigenvalue weighted by Gasteiger charge is 2.19. The molecule has 0 N–H and O–H groups in total. The van der Waals surface area contributed by atoms with E-state index in [0.717, 1.165) is 10.0 Å². The highest BCUT2D eigenvalue weighted by Crippen LogP contribution is 2.28. The summed E-state index contributed by atoms with van der Waals surface area (Å²) in [5, 5.41) is 10.6. The summed E-state index contributed by atoms with van der Waals surface area (Å²) in [7, 11) is 0. The quantitative estimate of drug-likeness (QED) is 0.670. The van der Waals surface area contributed by atoms with Crippen molar-refractivity contribution < 1.29 is 0 Å². The average molecular weight is 184 g/mol. The summed E-state index contributed by atoms with van der Waals surface area (Å²) in [5.74, 6) is 0.499. The van der Waals surface area contributed by atoms with Crippen molar-refractivity contribution in [3.63, 3.8) is 0 Å². The van der Waals surface area contributed by atoms with E-state index in [1.807, 2.05) is 0 Å². The predicted molar refractivity (Wildman–Crippen MR) is 52.7 cm³/mol. The maximum absolute atomic E-state index is 4.18. The summed E-state index contributed by atoms with van der Waals surface area (Å²) in [5.41, 5.74) is 0.144. The lowest BCUT2D eigenvalue weighted by Gasteiger charge is -2.12. The number of hydrogen-bond donors (Lipinski definition) is 0. The molecular formula is C9H16N2S. The van der Waals surface area contributed by atoms with Crippen LogP contribution in [0.2, 0.25) is 0 Å². The zero-order valence-electron chi connectivity index (χ0n) is 8.38. The normalized spacial score (nSPS) is 12.5. The van der Waals surface area contributed by atoms with E-state index >= 15 is 0 Å². The van der Waals surface area contributed by atoms with E-state index in [9.17, 15) is 0 Å². The van der Waals surface area contributed by atoms with Gasteiger partial charge in [0.15, 0.2) is 0 Å². The van der Waals surface area contributed by atoms with Gasteiger partial charge in [0.05, 0.1) is 0 Å². The number of nitrogens with zero attached hydrogens (tertiary/aromatic N) is 2. The maximum atomic E-state index is 4.18. The van der Waals surface area contributed by atoms with Gasteiger partial charge in [-0.15, -0.1) is 21.5 Å². The highest BCUT2D eigenvalue weighted by molar-refractivity contribution is 7.11.